The zero-order valence-corrected chi connectivity index (χ0v) is 21.5. The third-order valence-corrected chi connectivity index (χ3v) is 6.37. The van der Waals surface area contributed by atoms with Crippen molar-refractivity contribution >= 4 is 16.9 Å². The topological polar surface area (TPSA) is 152 Å². The number of methoxy groups -OCH3 is 1. The maximum atomic E-state index is 13.0. The summed E-state index contributed by atoms with van der Waals surface area (Å²) in [7, 11) is 1.56. The Labute approximate surface area is 227 Å². The van der Waals surface area contributed by atoms with Gasteiger partial charge in [0, 0.05) is 35.3 Å². The third-order valence-electron chi connectivity index (χ3n) is 6.37. The molecule has 40 heavy (non-hydrogen) atoms. The van der Waals surface area contributed by atoms with E-state index in [9.17, 15) is 9.90 Å². The predicted octanol–water partition coefficient (Wildman–Crippen LogP) is 4.94. The molecule has 11 nitrogen and oxygen atoms in total. The van der Waals surface area contributed by atoms with Gasteiger partial charge >= 0.3 is 0 Å². The molecule has 6 aromatic rings. The Kier molecular flexibility index (Phi) is 6.37. The van der Waals surface area contributed by atoms with Gasteiger partial charge in [-0.25, -0.2) is 9.97 Å². The highest BCUT2D eigenvalue weighted by Gasteiger charge is 2.20. The molecule has 0 saturated heterocycles. The second kappa shape index (κ2) is 10.3. The zero-order chi connectivity index (χ0) is 27.6. The highest BCUT2D eigenvalue weighted by molar-refractivity contribution is 5.98. The van der Waals surface area contributed by atoms with Gasteiger partial charge in [-0.1, -0.05) is 11.2 Å². The normalized spacial score (nSPS) is 11.8. The number of hydrogen-bond donors (Lipinski definition) is 3. The Morgan fingerprint density at radius 3 is 2.67 bits per heavy atom. The molecular formula is C29H23N7O4. The number of carbonyl (C=O) groups is 1. The molecule has 0 spiro atoms. The minimum absolute atomic E-state index is 0.0585. The first-order chi connectivity index (χ1) is 19.5. The van der Waals surface area contributed by atoms with E-state index >= 15 is 0 Å². The lowest BCUT2D eigenvalue weighted by molar-refractivity contribution is 0.0932. The van der Waals surface area contributed by atoms with Gasteiger partial charge in [0.15, 0.2) is 0 Å². The fraction of sp³-hybridized carbons (Fsp3) is 0.103. The van der Waals surface area contributed by atoms with E-state index in [0.717, 1.165) is 16.7 Å². The highest BCUT2D eigenvalue weighted by atomic mass is 16.5. The molecule has 0 aliphatic carbocycles. The van der Waals surface area contributed by atoms with Gasteiger partial charge in [0.2, 0.25) is 17.6 Å². The highest BCUT2D eigenvalue weighted by Crippen LogP contribution is 2.35. The Morgan fingerprint density at radius 2 is 1.85 bits per heavy atom. The van der Waals surface area contributed by atoms with E-state index in [0.29, 0.717) is 39.7 Å². The Hall–Kier alpha value is -5.58. The van der Waals surface area contributed by atoms with Gasteiger partial charge < -0.3 is 24.7 Å². The van der Waals surface area contributed by atoms with Crippen LogP contribution in [0.15, 0.2) is 83.8 Å². The number of amides is 1. The third kappa shape index (κ3) is 4.71. The van der Waals surface area contributed by atoms with Crippen molar-refractivity contribution in [2.45, 2.75) is 13.0 Å². The maximum absolute atomic E-state index is 13.0. The van der Waals surface area contributed by atoms with Crippen LogP contribution in [-0.4, -0.2) is 48.2 Å². The summed E-state index contributed by atoms with van der Waals surface area (Å²) in [5, 5.41) is 17.5. The Balaban J connectivity index is 1.24. The monoisotopic (exact) mass is 533 g/mol. The lowest BCUT2D eigenvalue weighted by atomic mass is 10.0. The van der Waals surface area contributed by atoms with Crippen LogP contribution in [0.5, 0.6) is 11.6 Å². The lowest BCUT2D eigenvalue weighted by Crippen LogP contribution is -2.26. The molecule has 2 aromatic carbocycles. The quantitative estimate of drug-likeness (QED) is 0.259. The Bertz CT molecular complexity index is 1830. The summed E-state index contributed by atoms with van der Waals surface area (Å²) in [6, 6.07) is 17.1. The average molecular weight is 534 g/mol. The van der Waals surface area contributed by atoms with E-state index in [1.807, 2.05) is 18.2 Å². The molecule has 4 aromatic heterocycles. The van der Waals surface area contributed by atoms with Crippen molar-refractivity contribution in [2.24, 2.45) is 0 Å². The van der Waals surface area contributed by atoms with Crippen LogP contribution in [-0.2, 0) is 0 Å². The van der Waals surface area contributed by atoms with Gasteiger partial charge in [0.1, 0.15) is 17.6 Å². The van der Waals surface area contributed by atoms with Gasteiger partial charge in [0.25, 0.3) is 5.91 Å². The fourth-order valence-corrected chi connectivity index (χ4v) is 4.31. The number of nitrogens with zero attached hydrogens (tertiary/aromatic N) is 5. The van der Waals surface area contributed by atoms with Gasteiger partial charge in [-0.05, 0) is 67.1 Å². The first kappa shape index (κ1) is 24.7. The molecule has 3 N–H and O–H groups in total. The van der Waals surface area contributed by atoms with Crippen LogP contribution in [0, 0.1) is 0 Å². The number of hydrogen-bond acceptors (Lipinski definition) is 9. The molecule has 198 valence electrons. The molecule has 1 atom stereocenters. The van der Waals surface area contributed by atoms with E-state index in [1.54, 1.807) is 75.1 Å². The number of benzene rings is 2. The molecule has 11 heteroatoms. The second-order valence-electron chi connectivity index (χ2n) is 9.00. The summed E-state index contributed by atoms with van der Waals surface area (Å²) in [5.41, 5.74) is 4.54. The van der Waals surface area contributed by atoms with E-state index in [1.165, 1.54) is 0 Å². The summed E-state index contributed by atoms with van der Waals surface area (Å²) in [5.74, 6) is 1.36. The molecule has 6 rings (SSSR count). The van der Waals surface area contributed by atoms with Crippen LogP contribution in [0.1, 0.15) is 29.2 Å². The number of pyridine rings is 2. The first-order valence-electron chi connectivity index (χ1n) is 12.4. The summed E-state index contributed by atoms with van der Waals surface area (Å²) < 4.78 is 10.7. The number of ether oxygens (including phenoxy) is 1. The smallest absolute Gasteiger partial charge is 0.251 e. The summed E-state index contributed by atoms with van der Waals surface area (Å²) in [6.45, 7) is 1.76. The van der Waals surface area contributed by atoms with Crippen molar-refractivity contribution in [3.8, 4) is 45.5 Å². The zero-order valence-electron chi connectivity index (χ0n) is 21.5. The molecule has 0 saturated carbocycles. The molecule has 1 unspecified atom stereocenters. The minimum atomic E-state index is -0.523. The second-order valence-corrected chi connectivity index (χ2v) is 9.00. The summed E-state index contributed by atoms with van der Waals surface area (Å²) in [4.78, 5) is 33.5. The molecule has 4 heterocycles. The van der Waals surface area contributed by atoms with Crippen LogP contribution in [0.4, 0.5) is 0 Å². The number of nitrogens with one attached hydrogen (secondary N) is 2. The molecule has 1 amide bonds. The molecule has 0 fully saturated rings. The van der Waals surface area contributed by atoms with E-state index in [4.69, 9.17) is 9.26 Å². The van der Waals surface area contributed by atoms with Crippen LogP contribution in [0.25, 0.3) is 44.9 Å². The van der Waals surface area contributed by atoms with Gasteiger partial charge in [-0.2, -0.15) is 4.98 Å². The maximum Gasteiger partial charge on any atom is 0.251 e. The summed E-state index contributed by atoms with van der Waals surface area (Å²) >= 11 is 0. The van der Waals surface area contributed by atoms with Gasteiger partial charge in [-0.3, -0.25) is 9.78 Å². The molecule has 0 aliphatic heterocycles. The predicted molar refractivity (Wildman–Crippen MR) is 146 cm³/mol. The van der Waals surface area contributed by atoms with Gasteiger partial charge in [-0.15, -0.1) is 0 Å². The number of aromatic amines is 1. The number of H-pyrrole nitrogens is 1. The number of aromatic hydroxyl groups is 1. The number of imidazole rings is 1. The Morgan fingerprint density at radius 1 is 1.00 bits per heavy atom. The number of rotatable bonds is 7. The largest absolute Gasteiger partial charge is 0.507 e. The van der Waals surface area contributed by atoms with Crippen molar-refractivity contribution in [2.75, 3.05) is 7.11 Å². The minimum Gasteiger partial charge on any atom is -0.507 e. The molecular weight excluding hydrogens is 510 g/mol. The first-order valence-corrected chi connectivity index (χ1v) is 12.4. The number of phenolic OH excluding ortho intramolecular Hbond substituents is 1. The molecule has 0 radical (unpaired) electrons. The number of fused-ring (bicyclic) bond motifs is 1. The van der Waals surface area contributed by atoms with Crippen molar-refractivity contribution in [3.63, 3.8) is 0 Å². The van der Waals surface area contributed by atoms with Crippen molar-refractivity contribution in [1.29, 1.82) is 0 Å². The standard InChI is InChI=1S/C29H23N7O4/c1-16(28-35-25(36-40-28)17-9-12-30-13-10-17)32-27(38)19-5-7-22-23(15-19)34-26(33-22)21-14-18(6-8-24(21)37)20-4-3-11-31-29(20)39-2/h3-16,37H,1-2H3,(H,32,38)(H,33,34). The summed E-state index contributed by atoms with van der Waals surface area (Å²) in [6.07, 6.45) is 4.94. The fourth-order valence-electron chi connectivity index (χ4n) is 4.31. The van der Waals surface area contributed by atoms with Crippen molar-refractivity contribution in [3.05, 3.63) is 90.7 Å². The lowest BCUT2D eigenvalue weighted by Gasteiger charge is -2.09. The number of aromatic nitrogens is 6. The van der Waals surface area contributed by atoms with Crippen LogP contribution >= 0.6 is 0 Å². The van der Waals surface area contributed by atoms with E-state index < -0.39 is 6.04 Å². The van der Waals surface area contributed by atoms with Crippen LogP contribution in [0.2, 0.25) is 0 Å². The van der Waals surface area contributed by atoms with Crippen molar-refractivity contribution < 1.29 is 19.2 Å². The van der Waals surface area contributed by atoms with Crippen LogP contribution < -0.4 is 10.1 Å². The van der Waals surface area contributed by atoms with Gasteiger partial charge in [0.05, 0.1) is 23.7 Å². The average Bonchev–Trinajstić information content (AvgIpc) is 3.65. The number of phenols is 1. The van der Waals surface area contributed by atoms with Crippen LogP contribution in [0.3, 0.4) is 0 Å². The molecule has 0 bridgehead atoms. The van der Waals surface area contributed by atoms with Crippen molar-refractivity contribution in [1.82, 2.24) is 35.4 Å². The number of carbonyl (C=O) groups excluding carboxylic acids is 1. The SMILES string of the molecule is COc1ncccc1-c1ccc(O)c(-c2nc3cc(C(=O)NC(C)c4nc(-c5ccncc5)no4)ccc3[nH]2)c1. The van der Waals surface area contributed by atoms with E-state index in [2.05, 4.69) is 35.4 Å². The van der Waals surface area contributed by atoms with E-state index in [-0.39, 0.29) is 17.5 Å². The molecule has 0 aliphatic rings.